The van der Waals surface area contributed by atoms with Gasteiger partial charge < -0.3 is 15.2 Å². The van der Waals surface area contributed by atoms with Crippen molar-refractivity contribution in [2.75, 3.05) is 13.2 Å². The normalized spacial score (nSPS) is 19.6. The van der Waals surface area contributed by atoms with E-state index in [9.17, 15) is 0 Å². The molecular formula is C11H14N2O2S. The SMILES string of the molecule is NC(=S)c1cccnc1OCC1CCCO1. The Morgan fingerprint density at radius 1 is 1.69 bits per heavy atom. The highest BCUT2D eigenvalue weighted by molar-refractivity contribution is 7.80. The molecule has 0 amide bonds. The van der Waals surface area contributed by atoms with E-state index in [2.05, 4.69) is 4.98 Å². The number of nitrogens with two attached hydrogens (primary N) is 1. The zero-order valence-corrected chi connectivity index (χ0v) is 9.70. The van der Waals surface area contributed by atoms with Crippen molar-refractivity contribution >= 4 is 17.2 Å². The summed E-state index contributed by atoms with van der Waals surface area (Å²) in [5, 5.41) is 0. The van der Waals surface area contributed by atoms with E-state index in [4.69, 9.17) is 27.4 Å². The summed E-state index contributed by atoms with van der Waals surface area (Å²) in [6.45, 7) is 1.32. The third-order valence-electron chi connectivity index (χ3n) is 2.47. The van der Waals surface area contributed by atoms with Gasteiger partial charge >= 0.3 is 0 Å². The Balaban J connectivity index is 2.00. The van der Waals surface area contributed by atoms with Crippen LogP contribution in [-0.4, -0.2) is 29.3 Å². The Labute approximate surface area is 99.8 Å². The predicted octanol–water partition coefficient (Wildman–Crippen LogP) is 1.27. The van der Waals surface area contributed by atoms with Crippen molar-refractivity contribution in [1.29, 1.82) is 0 Å². The van der Waals surface area contributed by atoms with E-state index in [0.717, 1.165) is 19.4 Å². The van der Waals surface area contributed by atoms with E-state index in [-0.39, 0.29) is 6.10 Å². The summed E-state index contributed by atoms with van der Waals surface area (Å²) >= 11 is 4.93. The van der Waals surface area contributed by atoms with Crippen LogP contribution >= 0.6 is 12.2 Å². The van der Waals surface area contributed by atoms with Crippen LogP contribution in [0, 0.1) is 0 Å². The maximum Gasteiger partial charge on any atom is 0.223 e. The number of ether oxygens (including phenoxy) is 2. The molecule has 0 radical (unpaired) electrons. The summed E-state index contributed by atoms with van der Waals surface area (Å²) in [6, 6.07) is 3.59. The van der Waals surface area contributed by atoms with Gasteiger partial charge in [0.05, 0.1) is 11.7 Å². The molecule has 0 bridgehead atoms. The first-order chi connectivity index (χ1) is 7.77. The number of thiocarbonyl (C=S) groups is 1. The standard InChI is InChI=1S/C11H14N2O2S/c12-10(16)9-4-1-5-13-11(9)15-7-8-3-2-6-14-8/h1,4-5,8H,2-3,6-7H2,(H2,12,16). The summed E-state index contributed by atoms with van der Waals surface area (Å²) in [5.41, 5.74) is 6.25. The molecule has 1 aromatic rings. The largest absolute Gasteiger partial charge is 0.474 e. The van der Waals surface area contributed by atoms with E-state index in [0.29, 0.717) is 23.0 Å². The second kappa shape index (κ2) is 5.23. The van der Waals surface area contributed by atoms with Gasteiger partial charge in [-0.15, -0.1) is 0 Å². The van der Waals surface area contributed by atoms with Crippen molar-refractivity contribution < 1.29 is 9.47 Å². The van der Waals surface area contributed by atoms with Gasteiger partial charge in [-0.05, 0) is 25.0 Å². The van der Waals surface area contributed by atoms with E-state index >= 15 is 0 Å². The lowest BCUT2D eigenvalue weighted by Gasteiger charge is -2.12. The topological polar surface area (TPSA) is 57.4 Å². The number of rotatable bonds is 4. The molecule has 2 rings (SSSR count). The average molecular weight is 238 g/mol. The molecule has 4 nitrogen and oxygen atoms in total. The van der Waals surface area contributed by atoms with Gasteiger partial charge in [0.2, 0.25) is 5.88 Å². The van der Waals surface area contributed by atoms with Crippen LogP contribution in [0.3, 0.4) is 0 Å². The first kappa shape index (κ1) is 11.3. The first-order valence-electron chi connectivity index (χ1n) is 5.26. The molecule has 1 aliphatic rings. The zero-order chi connectivity index (χ0) is 11.4. The minimum absolute atomic E-state index is 0.168. The number of hydrogen-bond donors (Lipinski definition) is 1. The number of hydrogen-bond acceptors (Lipinski definition) is 4. The minimum Gasteiger partial charge on any atom is -0.474 e. The number of nitrogens with zero attached hydrogens (tertiary/aromatic N) is 1. The molecule has 0 aromatic carbocycles. The predicted molar refractivity (Wildman–Crippen MR) is 64.6 cm³/mol. The van der Waals surface area contributed by atoms with Gasteiger partial charge in [0.15, 0.2) is 0 Å². The fourth-order valence-electron chi connectivity index (χ4n) is 1.64. The first-order valence-corrected chi connectivity index (χ1v) is 5.67. The van der Waals surface area contributed by atoms with Gasteiger partial charge in [0, 0.05) is 12.8 Å². The van der Waals surface area contributed by atoms with E-state index in [1.165, 1.54) is 0 Å². The van der Waals surface area contributed by atoms with Crippen molar-refractivity contribution in [3.63, 3.8) is 0 Å². The molecule has 1 saturated heterocycles. The van der Waals surface area contributed by atoms with Crippen LogP contribution in [0.1, 0.15) is 18.4 Å². The number of aromatic nitrogens is 1. The smallest absolute Gasteiger partial charge is 0.223 e. The summed E-state index contributed by atoms with van der Waals surface area (Å²) in [4.78, 5) is 4.42. The molecular weight excluding hydrogens is 224 g/mol. The Morgan fingerprint density at radius 3 is 3.25 bits per heavy atom. The summed E-state index contributed by atoms with van der Waals surface area (Å²) in [6.07, 6.45) is 3.96. The molecule has 5 heteroatoms. The van der Waals surface area contributed by atoms with Gasteiger partial charge in [0.1, 0.15) is 11.6 Å². The molecule has 0 saturated carbocycles. The second-order valence-corrected chi connectivity index (χ2v) is 4.11. The lowest BCUT2D eigenvalue weighted by Crippen LogP contribution is -2.19. The molecule has 0 aliphatic carbocycles. The average Bonchev–Trinajstić information content (AvgIpc) is 2.79. The van der Waals surface area contributed by atoms with Crippen LogP contribution in [0.25, 0.3) is 0 Å². The fourth-order valence-corrected chi connectivity index (χ4v) is 1.80. The molecule has 1 aromatic heterocycles. The number of pyridine rings is 1. The van der Waals surface area contributed by atoms with Crippen molar-refractivity contribution in [3.8, 4) is 5.88 Å². The highest BCUT2D eigenvalue weighted by Crippen LogP contribution is 2.17. The maximum atomic E-state index is 5.58. The quantitative estimate of drug-likeness (QED) is 0.801. The fraction of sp³-hybridized carbons (Fsp3) is 0.455. The monoisotopic (exact) mass is 238 g/mol. The minimum atomic E-state index is 0.168. The molecule has 1 fully saturated rings. The lowest BCUT2D eigenvalue weighted by molar-refractivity contribution is 0.0663. The van der Waals surface area contributed by atoms with E-state index < -0.39 is 0 Å². The summed E-state index contributed by atoms with van der Waals surface area (Å²) < 4.78 is 11.0. The van der Waals surface area contributed by atoms with Crippen LogP contribution < -0.4 is 10.5 Å². The van der Waals surface area contributed by atoms with Gasteiger partial charge in [-0.3, -0.25) is 0 Å². The Kier molecular flexibility index (Phi) is 3.69. The van der Waals surface area contributed by atoms with Crippen LogP contribution in [-0.2, 0) is 4.74 Å². The Morgan fingerprint density at radius 2 is 2.56 bits per heavy atom. The van der Waals surface area contributed by atoms with E-state index in [1.54, 1.807) is 18.3 Å². The third-order valence-corrected chi connectivity index (χ3v) is 2.69. The van der Waals surface area contributed by atoms with Gasteiger partial charge in [-0.2, -0.15) is 0 Å². The van der Waals surface area contributed by atoms with E-state index in [1.807, 2.05) is 0 Å². The molecule has 1 aliphatic heterocycles. The molecule has 2 N–H and O–H groups in total. The second-order valence-electron chi connectivity index (χ2n) is 3.67. The molecule has 2 heterocycles. The summed E-state index contributed by atoms with van der Waals surface area (Å²) in [7, 11) is 0. The third kappa shape index (κ3) is 2.68. The van der Waals surface area contributed by atoms with Crippen molar-refractivity contribution in [3.05, 3.63) is 23.9 Å². The van der Waals surface area contributed by atoms with Crippen molar-refractivity contribution in [2.45, 2.75) is 18.9 Å². The van der Waals surface area contributed by atoms with Crippen LogP contribution in [0.4, 0.5) is 0 Å². The van der Waals surface area contributed by atoms with Crippen LogP contribution in [0.2, 0.25) is 0 Å². The molecule has 1 atom stereocenters. The highest BCUT2D eigenvalue weighted by Gasteiger charge is 2.17. The van der Waals surface area contributed by atoms with Crippen LogP contribution in [0.15, 0.2) is 18.3 Å². The van der Waals surface area contributed by atoms with Crippen molar-refractivity contribution in [1.82, 2.24) is 4.98 Å². The van der Waals surface area contributed by atoms with Gasteiger partial charge in [-0.1, -0.05) is 12.2 Å². The van der Waals surface area contributed by atoms with Gasteiger partial charge in [-0.25, -0.2) is 4.98 Å². The molecule has 0 spiro atoms. The highest BCUT2D eigenvalue weighted by atomic mass is 32.1. The van der Waals surface area contributed by atoms with Crippen molar-refractivity contribution in [2.24, 2.45) is 5.73 Å². The molecule has 86 valence electrons. The summed E-state index contributed by atoms with van der Waals surface area (Å²) in [5.74, 6) is 0.491. The molecule has 16 heavy (non-hydrogen) atoms. The zero-order valence-electron chi connectivity index (χ0n) is 8.89. The Hall–Kier alpha value is -1.20. The van der Waals surface area contributed by atoms with Crippen LogP contribution in [0.5, 0.6) is 5.88 Å². The Bertz CT molecular complexity index is 378. The maximum absolute atomic E-state index is 5.58. The molecule has 1 unspecified atom stereocenters. The lowest BCUT2D eigenvalue weighted by atomic mass is 10.2. The van der Waals surface area contributed by atoms with Gasteiger partial charge in [0.25, 0.3) is 0 Å².